The average molecular weight is 487 g/mol. The molecule has 0 amide bonds. The van der Waals surface area contributed by atoms with Crippen LogP contribution in [0.5, 0.6) is 11.6 Å². The molecule has 0 spiro atoms. The number of aliphatic hydroxyl groups is 1. The third-order valence-corrected chi connectivity index (χ3v) is 7.09. The largest absolute Gasteiger partial charge is 0.503 e. The standard InChI is InChI=1S/C29H30N2O5/c1-29(2,35)21-12-8-20(9-13-21)26(32)24-25(19-6-4-3-5-7-19)31(28(34)27(24)33)22-14-10-18(11-15-22)23-16-17-36-30-23/h8-17,19,33-35H,3-7H2,1-2H3. The molecule has 2 aromatic carbocycles. The molecule has 7 heteroatoms. The summed E-state index contributed by atoms with van der Waals surface area (Å²) in [6.07, 6.45) is 6.43. The summed E-state index contributed by atoms with van der Waals surface area (Å²) in [5, 5.41) is 36.4. The molecule has 4 aromatic rings. The fourth-order valence-corrected chi connectivity index (χ4v) is 5.13. The number of ketones is 1. The van der Waals surface area contributed by atoms with Crippen LogP contribution in [-0.2, 0) is 5.60 Å². The van der Waals surface area contributed by atoms with E-state index in [0.29, 0.717) is 28.2 Å². The molecule has 0 radical (unpaired) electrons. The predicted molar refractivity (Wildman–Crippen MR) is 136 cm³/mol. The molecule has 1 fully saturated rings. The molecule has 2 aromatic heterocycles. The zero-order chi connectivity index (χ0) is 25.4. The highest BCUT2D eigenvalue weighted by molar-refractivity contribution is 6.12. The Morgan fingerprint density at radius 2 is 1.64 bits per heavy atom. The van der Waals surface area contributed by atoms with Crippen molar-refractivity contribution in [2.75, 3.05) is 0 Å². The molecule has 0 unspecified atom stereocenters. The number of hydrogen-bond donors (Lipinski definition) is 3. The highest BCUT2D eigenvalue weighted by Crippen LogP contribution is 2.46. The molecule has 1 saturated carbocycles. The lowest BCUT2D eigenvalue weighted by molar-refractivity contribution is 0.0785. The van der Waals surface area contributed by atoms with E-state index in [2.05, 4.69) is 5.16 Å². The highest BCUT2D eigenvalue weighted by atomic mass is 16.5. The Morgan fingerprint density at radius 1 is 0.972 bits per heavy atom. The van der Waals surface area contributed by atoms with Gasteiger partial charge in [-0.25, -0.2) is 0 Å². The molecule has 0 aliphatic heterocycles. The van der Waals surface area contributed by atoms with Crippen LogP contribution in [0.15, 0.2) is 65.4 Å². The van der Waals surface area contributed by atoms with Crippen LogP contribution in [0.25, 0.3) is 16.9 Å². The number of rotatable bonds is 6. The van der Waals surface area contributed by atoms with Crippen molar-refractivity contribution in [1.82, 2.24) is 9.72 Å². The molecule has 0 bridgehead atoms. The summed E-state index contributed by atoms with van der Waals surface area (Å²) in [5.74, 6) is -1.09. The second-order valence-electron chi connectivity index (χ2n) is 10.00. The van der Waals surface area contributed by atoms with E-state index in [0.717, 1.165) is 37.7 Å². The van der Waals surface area contributed by atoms with Crippen LogP contribution in [0.2, 0.25) is 0 Å². The van der Waals surface area contributed by atoms with Gasteiger partial charge in [0.15, 0.2) is 11.5 Å². The van der Waals surface area contributed by atoms with Crippen molar-refractivity contribution in [2.24, 2.45) is 0 Å². The minimum atomic E-state index is -1.03. The quantitative estimate of drug-likeness (QED) is 0.286. The van der Waals surface area contributed by atoms with Crippen molar-refractivity contribution in [1.29, 1.82) is 0 Å². The van der Waals surface area contributed by atoms with E-state index in [9.17, 15) is 20.1 Å². The summed E-state index contributed by atoms with van der Waals surface area (Å²) in [6.45, 7) is 3.37. The Hall–Kier alpha value is -3.84. The average Bonchev–Trinajstić information content (AvgIpc) is 3.51. The molecule has 186 valence electrons. The first-order valence-corrected chi connectivity index (χ1v) is 12.3. The maximum atomic E-state index is 13.7. The number of hydrogen-bond acceptors (Lipinski definition) is 6. The summed E-state index contributed by atoms with van der Waals surface area (Å²) < 4.78 is 6.54. The Bertz CT molecular complexity index is 1360. The van der Waals surface area contributed by atoms with Crippen LogP contribution in [0.1, 0.15) is 79.0 Å². The second kappa shape index (κ2) is 9.32. The van der Waals surface area contributed by atoms with Gasteiger partial charge >= 0.3 is 0 Å². The molecule has 1 aliphatic rings. The van der Waals surface area contributed by atoms with Gasteiger partial charge in [-0.3, -0.25) is 9.36 Å². The lowest BCUT2D eigenvalue weighted by atomic mass is 9.84. The van der Waals surface area contributed by atoms with E-state index in [4.69, 9.17) is 4.52 Å². The molecule has 0 atom stereocenters. The van der Waals surface area contributed by atoms with Gasteiger partial charge in [-0.05, 0) is 44.4 Å². The molecule has 36 heavy (non-hydrogen) atoms. The lowest BCUT2D eigenvalue weighted by Crippen LogP contribution is -2.16. The van der Waals surface area contributed by atoms with E-state index < -0.39 is 11.4 Å². The maximum absolute atomic E-state index is 13.7. The number of carbonyl (C=O) groups excluding carboxylic acids is 1. The summed E-state index contributed by atoms with van der Waals surface area (Å²) in [7, 11) is 0. The lowest BCUT2D eigenvalue weighted by Gasteiger charge is -2.25. The Labute approximate surface area is 209 Å². The van der Waals surface area contributed by atoms with Crippen molar-refractivity contribution >= 4 is 5.78 Å². The monoisotopic (exact) mass is 486 g/mol. The number of nitrogens with zero attached hydrogens (tertiary/aromatic N) is 2. The van der Waals surface area contributed by atoms with Gasteiger partial charge in [-0.15, -0.1) is 0 Å². The van der Waals surface area contributed by atoms with Gasteiger partial charge in [0.25, 0.3) is 0 Å². The van der Waals surface area contributed by atoms with E-state index in [1.54, 1.807) is 48.7 Å². The van der Waals surface area contributed by atoms with E-state index in [1.165, 1.54) is 6.26 Å². The number of aromatic nitrogens is 2. The van der Waals surface area contributed by atoms with Crippen LogP contribution >= 0.6 is 0 Å². The third-order valence-electron chi connectivity index (χ3n) is 7.09. The second-order valence-corrected chi connectivity index (χ2v) is 10.00. The maximum Gasteiger partial charge on any atom is 0.240 e. The van der Waals surface area contributed by atoms with Gasteiger partial charge in [0.1, 0.15) is 12.0 Å². The fraction of sp³-hybridized carbons (Fsp3) is 0.310. The zero-order valence-corrected chi connectivity index (χ0v) is 20.4. The number of benzene rings is 2. The zero-order valence-electron chi connectivity index (χ0n) is 20.4. The first kappa shape index (κ1) is 23.9. The Kier molecular flexibility index (Phi) is 6.18. The van der Waals surface area contributed by atoms with Crippen LogP contribution in [0, 0.1) is 0 Å². The van der Waals surface area contributed by atoms with Gasteiger partial charge in [0.2, 0.25) is 5.88 Å². The van der Waals surface area contributed by atoms with Gasteiger partial charge in [-0.2, -0.15) is 0 Å². The molecular weight excluding hydrogens is 456 g/mol. The third kappa shape index (κ3) is 4.31. The van der Waals surface area contributed by atoms with Crippen molar-refractivity contribution < 1.29 is 24.6 Å². The number of carbonyl (C=O) groups is 1. The van der Waals surface area contributed by atoms with Crippen molar-refractivity contribution in [3.05, 3.63) is 83.2 Å². The minimum Gasteiger partial charge on any atom is -0.503 e. The number of aromatic hydroxyl groups is 2. The van der Waals surface area contributed by atoms with Gasteiger partial charge < -0.3 is 19.8 Å². The fourth-order valence-electron chi connectivity index (χ4n) is 5.13. The van der Waals surface area contributed by atoms with Crippen LogP contribution < -0.4 is 0 Å². The first-order valence-electron chi connectivity index (χ1n) is 12.3. The van der Waals surface area contributed by atoms with E-state index in [-0.39, 0.29) is 23.1 Å². The Balaban J connectivity index is 1.62. The van der Waals surface area contributed by atoms with Crippen LogP contribution in [0.4, 0.5) is 0 Å². The van der Waals surface area contributed by atoms with Crippen molar-refractivity contribution in [2.45, 2.75) is 57.5 Å². The van der Waals surface area contributed by atoms with Crippen LogP contribution in [-0.4, -0.2) is 30.8 Å². The predicted octanol–water partition coefficient (Wildman–Crippen LogP) is 6.05. The summed E-state index contributed by atoms with van der Waals surface area (Å²) in [4.78, 5) is 13.7. The highest BCUT2D eigenvalue weighted by Gasteiger charge is 2.33. The molecule has 2 heterocycles. The normalized spacial score (nSPS) is 14.8. The van der Waals surface area contributed by atoms with Gasteiger partial charge in [-0.1, -0.05) is 60.8 Å². The van der Waals surface area contributed by atoms with E-state index in [1.807, 2.05) is 24.3 Å². The van der Waals surface area contributed by atoms with Crippen LogP contribution in [0.3, 0.4) is 0 Å². The summed E-state index contributed by atoms with van der Waals surface area (Å²) in [5.41, 5.74) is 3.00. The smallest absolute Gasteiger partial charge is 0.240 e. The topological polar surface area (TPSA) is 109 Å². The van der Waals surface area contributed by atoms with Gasteiger partial charge in [0, 0.05) is 34.5 Å². The molecule has 5 rings (SSSR count). The molecule has 7 nitrogen and oxygen atoms in total. The molecule has 3 N–H and O–H groups in total. The Morgan fingerprint density at radius 3 is 2.22 bits per heavy atom. The summed E-state index contributed by atoms with van der Waals surface area (Å²) >= 11 is 0. The minimum absolute atomic E-state index is 0.0235. The van der Waals surface area contributed by atoms with Crippen molar-refractivity contribution in [3.63, 3.8) is 0 Å². The molecular formula is C29H30N2O5. The SMILES string of the molecule is CC(C)(O)c1ccc(C(=O)c2c(O)c(O)n(-c3ccc(-c4ccon4)cc3)c2C2CCCCC2)cc1. The first-order chi connectivity index (χ1) is 17.3. The molecule has 0 saturated heterocycles. The van der Waals surface area contributed by atoms with Crippen molar-refractivity contribution in [3.8, 4) is 28.6 Å². The molecule has 1 aliphatic carbocycles. The van der Waals surface area contributed by atoms with Gasteiger partial charge in [0.05, 0.1) is 11.2 Å². The summed E-state index contributed by atoms with van der Waals surface area (Å²) in [6, 6.07) is 15.9. The van der Waals surface area contributed by atoms with E-state index >= 15 is 0 Å².